The van der Waals surface area contributed by atoms with E-state index in [2.05, 4.69) is 16.8 Å². The van der Waals surface area contributed by atoms with Crippen molar-refractivity contribution < 1.29 is 9.21 Å². The third kappa shape index (κ3) is 4.23. The van der Waals surface area contributed by atoms with Gasteiger partial charge in [-0.15, -0.1) is 0 Å². The Morgan fingerprint density at radius 3 is 2.57 bits per heavy atom. The smallest absolute Gasteiger partial charge is 0.257 e. The summed E-state index contributed by atoms with van der Waals surface area (Å²) in [7, 11) is 0. The molecule has 6 heteroatoms. The van der Waals surface area contributed by atoms with E-state index in [1.54, 1.807) is 11.8 Å². The number of hydrogen-bond acceptors (Lipinski definition) is 5. The second-order valence-electron chi connectivity index (χ2n) is 7.16. The Morgan fingerprint density at radius 2 is 1.86 bits per heavy atom. The molecule has 4 rings (SSSR count). The van der Waals surface area contributed by atoms with E-state index in [0.717, 1.165) is 60.7 Å². The van der Waals surface area contributed by atoms with Gasteiger partial charge in [0, 0.05) is 37.5 Å². The van der Waals surface area contributed by atoms with Crippen LogP contribution in [0.3, 0.4) is 0 Å². The minimum absolute atomic E-state index is 0.129. The summed E-state index contributed by atoms with van der Waals surface area (Å²) in [5.74, 6) is 0.888. The van der Waals surface area contributed by atoms with Crippen molar-refractivity contribution in [1.29, 1.82) is 0 Å². The van der Waals surface area contributed by atoms with Crippen LogP contribution in [0.5, 0.6) is 0 Å². The molecule has 0 aliphatic carbocycles. The fraction of sp³-hybridized carbons (Fsp3) is 0.364. The molecular weight excluding hydrogens is 370 g/mol. The number of likely N-dealkylation sites (N-methyl/N-ethyl adjacent to an activating group) is 1. The quantitative estimate of drug-likeness (QED) is 0.606. The summed E-state index contributed by atoms with van der Waals surface area (Å²) in [5, 5.41) is 0.676. The predicted molar refractivity (Wildman–Crippen MR) is 113 cm³/mol. The summed E-state index contributed by atoms with van der Waals surface area (Å²) in [4.78, 5) is 21.6. The maximum Gasteiger partial charge on any atom is 0.257 e. The van der Waals surface area contributed by atoms with Crippen molar-refractivity contribution in [2.45, 2.75) is 24.8 Å². The summed E-state index contributed by atoms with van der Waals surface area (Å²) < 4.78 is 5.79. The first kappa shape index (κ1) is 19.0. The molecule has 1 fully saturated rings. The molecule has 28 heavy (non-hydrogen) atoms. The fourth-order valence-electron chi connectivity index (χ4n) is 3.42. The average Bonchev–Trinajstić information content (AvgIpc) is 3.14. The van der Waals surface area contributed by atoms with Gasteiger partial charge in [-0.1, -0.05) is 36.9 Å². The van der Waals surface area contributed by atoms with Crippen molar-refractivity contribution >= 4 is 28.8 Å². The first-order chi connectivity index (χ1) is 13.6. The van der Waals surface area contributed by atoms with Gasteiger partial charge in [0.25, 0.3) is 11.1 Å². The molecule has 2 aromatic carbocycles. The molecule has 0 unspecified atom stereocenters. The Bertz CT molecular complexity index is 960. The van der Waals surface area contributed by atoms with Gasteiger partial charge in [0.1, 0.15) is 5.52 Å². The van der Waals surface area contributed by atoms with E-state index >= 15 is 0 Å². The van der Waals surface area contributed by atoms with Crippen LogP contribution in [-0.2, 0) is 5.75 Å². The van der Waals surface area contributed by atoms with E-state index in [4.69, 9.17) is 4.42 Å². The summed E-state index contributed by atoms with van der Waals surface area (Å²) >= 11 is 1.57. The molecule has 1 saturated heterocycles. The van der Waals surface area contributed by atoms with Crippen LogP contribution in [0.4, 0.5) is 0 Å². The summed E-state index contributed by atoms with van der Waals surface area (Å²) in [5.41, 5.74) is 4.80. The number of piperazine rings is 1. The van der Waals surface area contributed by atoms with E-state index in [0.29, 0.717) is 5.22 Å². The van der Waals surface area contributed by atoms with E-state index in [-0.39, 0.29) is 5.91 Å². The highest BCUT2D eigenvalue weighted by Crippen LogP contribution is 2.27. The van der Waals surface area contributed by atoms with Gasteiger partial charge in [-0.3, -0.25) is 4.79 Å². The second kappa shape index (κ2) is 8.37. The molecule has 3 aromatic rings. The Labute approximate surface area is 169 Å². The standard InChI is InChI=1S/C22H25N3O2S/c1-3-24-10-12-25(13-11-24)21(26)18-7-5-17(6-8-18)15-28-22-23-19-14-16(2)4-9-20(19)27-22/h4-9,14H,3,10-13,15H2,1-2H3. The maximum absolute atomic E-state index is 12.7. The molecular formula is C22H25N3O2S. The van der Waals surface area contributed by atoms with Crippen molar-refractivity contribution in [3.05, 3.63) is 59.2 Å². The number of amides is 1. The molecule has 2 heterocycles. The lowest BCUT2D eigenvalue weighted by atomic mass is 10.1. The fourth-order valence-corrected chi connectivity index (χ4v) is 4.21. The summed E-state index contributed by atoms with van der Waals surface area (Å²) in [6.07, 6.45) is 0. The number of hydrogen-bond donors (Lipinski definition) is 0. The predicted octanol–water partition coefficient (Wildman–Crippen LogP) is 4.21. The number of aromatic nitrogens is 1. The third-order valence-electron chi connectivity index (χ3n) is 5.19. The zero-order chi connectivity index (χ0) is 19.5. The average molecular weight is 396 g/mol. The third-order valence-corrected chi connectivity index (χ3v) is 6.09. The highest BCUT2D eigenvalue weighted by atomic mass is 32.2. The van der Waals surface area contributed by atoms with Crippen molar-refractivity contribution in [3.63, 3.8) is 0 Å². The zero-order valence-electron chi connectivity index (χ0n) is 16.4. The number of oxazole rings is 1. The topological polar surface area (TPSA) is 49.6 Å². The Balaban J connectivity index is 1.35. The van der Waals surface area contributed by atoms with Crippen molar-refractivity contribution in [2.75, 3.05) is 32.7 Å². The van der Waals surface area contributed by atoms with Crippen LogP contribution in [0.15, 0.2) is 52.1 Å². The van der Waals surface area contributed by atoms with Gasteiger partial charge in [0.15, 0.2) is 5.58 Å². The lowest BCUT2D eigenvalue weighted by Crippen LogP contribution is -2.48. The first-order valence-corrected chi connectivity index (χ1v) is 10.7. The number of nitrogens with zero attached hydrogens (tertiary/aromatic N) is 3. The van der Waals surface area contributed by atoms with Crippen LogP contribution in [0.25, 0.3) is 11.1 Å². The van der Waals surface area contributed by atoms with Gasteiger partial charge in [-0.25, -0.2) is 4.98 Å². The zero-order valence-corrected chi connectivity index (χ0v) is 17.2. The Morgan fingerprint density at radius 1 is 1.11 bits per heavy atom. The molecule has 0 spiro atoms. The van der Waals surface area contributed by atoms with Gasteiger partial charge in [-0.2, -0.15) is 0 Å². The molecule has 0 atom stereocenters. The van der Waals surface area contributed by atoms with Crippen LogP contribution in [0.1, 0.15) is 28.4 Å². The van der Waals surface area contributed by atoms with Crippen molar-refractivity contribution in [2.24, 2.45) is 0 Å². The van der Waals surface area contributed by atoms with Crippen molar-refractivity contribution in [1.82, 2.24) is 14.8 Å². The Hall–Kier alpha value is -2.31. The highest BCUT2D eigenvalue weighted by molar-refractivity contribution is 7.98. The lowest BCUT2D eigenvalue weighted by molar-refractivity contribution is 0.0643. The van der Waals surface area contributed by atoms with Gasteiger partial charge in [0.05, 0.1) is 0 Å². The van der Waals surface area contributed by atoms with Gasteiger partial charge >= 0.3 is 0 Å². The van der Waals surface area contributed by atoms with Crippen LogP contribution in [-0.4, -0.2) is 53.4 Å². The van der Waals surface area contributed by atoms with Gasteiger partial charge in [-0.05, 0) is 48.9 Å². The number of aryl methyl sites for hydroxylation is 1. The number of carbonyl (C=O) groups is 1. The molecule has 1 aliphatic heterocycles. The van der Waals surface area contributed by atoms with Crippen LogP contribution < -0.4 is 0 Å². The normalized spacial score (nSPS) is 15.3. The highest BCUT2D eigenvalue weighted by Gasteiger charge is 2.21. The van der Waals surface area contributed by atoms with E-state index in [1.807, 2.05) is 54.3 Å². The maximum atomic E-state index is 12.7. The minimum Gasteiger partial charge on any atom is -0.431 e. The molecule has 1 aliphatic rings. The number of fused-ring (bicyclic) bond motifs is 1. The second-order valence-corrected chi connectivity index (χ2v) is 8.09. The SMILES string of the molecule is CCN1CCN(C(=O)c2ccc(CSc3nc4cc(C)ccc4o3)cc2)CC1. The monoisotopic (exact) mass is 395 g/mol. The number of carbonyl (C=O) groups excluding carboxylic acids is 1. The summed E-state index contributed by atoms with van der Waals surface area (Å²) in [6.45, 7) is 8.79. The molecule has 1 amide bonds. The molecule has 1 aromatic heterocycles. The molecule has 0 N–H and O–H groups in total. The molecule has 0 saturated carbocycles. The van der Waals surface area contributed by atoms with E-state index in [9.17, 15) is 4.79 Å². The van der Waals surface area contributed by atoms with Crippen LogP contribution in [0, 0.1) is 6.92 Å². The number of thioether (sulfide) groups is 1. The van der Waals surface area contributed by atoms with Gasteiger partial charge < -0.3 is 14.2 Å². The largest absolute Gasteiger partial charge is 0.431 e. The van der Waals surface area contributed by atoms with Gasteiger partial charge in [0.2, 0.25) is 0 Å². The molecule has 146 valence electrons. The van der Waals surface area contributed by atoms with E-state index < -0.39 is 0 Å². The number of rotatable bonds is 5. The van der Waals surface area contributed by atoms with E-state index in [1.165, 1.54) is 5.56 Å². The summed E-state index contributed by atoms with van der Waals surface area (Å²) in [6, 6.07) is 13.9. The molecule has 0 radical (unpaired) electrons. The Kier molecular flexibility index (Phi) is 5.69. The molecule has 5 nitrogen and oxygen atoms in total. The van der Waals surface area contributed by atoms with Crippen molar-refractivity contribution in [3.8, 4) is 0 Å². The number of benzene rings is 2. The molecule has 0 bridgehead atoms. The minimum atomic E-state index is 0.129. The first-order valence-electron chi connectivity index (χ1n) is 9.73. The van der Waals surface area contributed by atoms with Crippen LogP contribution >= 0.6 is 11.8 Å². The van der Waals surface area contributed by atoms with Crippen LogP contribution in [0.2, 0.25) is 0 Å². The lowest BCUT2D eigenvalue weighted by Gasteiger charge is -2.34.